The molecule has 4 heteroatoms. The highest BCUT2D eigenvalue weighted by Crippen LogP contribution is 2.19. The second kappa shape index (κ2) is 6.87. The highest BCUT2D eigenvalue weighted by atomic mass is 32.1. The Morgan fingerprint density at radius 2 is 2.00 bits per heavy atom. The fourth-order valence-electron chi connectivity index (χ4n) is 1.92. The van der Waals surface area contributed by atoms with Crippen molar-refractivity contribution in [1.82, 2.24) is 5.32 Å². The van der Waals surface area contributed by atoms with E-state index in [1.165, 1.54) is 0 Å². The lowest BCUT2D eigenvalue weighted by Crippen LogP contribution is -2.27. The topological polar surface area (TPSA) is 52.9 Å². The molecular weight excluding hydrogens is 280 g/mol. The van der Waals surface area contributed by atoms with Crippen LogP contribution >= 0.6 is 11.3 Å². The molecule has 0 aliphatic rings. The number of carbonyl (C=O) groups excluding carboxylic acids is 1. The van der Waals surface area contributed by atoms with Crippen molar-refractivity contribution in [2.45, 2.75) is 19.9 Å². The first kappa shape index (κ1) is 15.0. The minimum atomic E-state index is -0.347. The molecule has 0 aliphatic carbocycles. The van der Waals surface area contributed by atoms with Gasteiger partial charge in [-0.15, -0.1) is 11.3 Å². The minimum Gasteiger partial charge on any atom is -0.345 e. The number of hydrogen-bond acceptors (Lipinski definition) is 3. The molecule has 0 bridgehead atoms. The van der Waals surface area contributed by atoms with Crippen LogP contribution in [0, 0.1) is 18.3 Å². The van der Waals surface area contributed by atoms with Crippen molar-refractivity contribution in [3.05, 3.63) is 63.4 Å². The van der Waals surface area contributed by atoms with E-state index in [2.05, 4.69) is 5.32 Å². The highest BCUT2D eigenvalue weighted by molar-refractivity contribution is 7.12. The molecule has 1 atom stereocenters. The van der Waals surface area contributed by atoms with Gasteiger partial charge in [0.25, 0.3) is 5.91 Å². The van der Waals surface area contributed by atoms with E-state index in [0.717, 1.165) is 15.3 Å². The highest BCUT2D eigenvalue weighted by Gasteiger charge is 2.13. The zero-order valence-electron chi connectivity index (χ0n) is 12.0. The molecule has 2 rings (SSSR count). The van der Waals surface area contributed by atoms with E-state index >= 15 is 0 Å². The standard InChI is InChI=1S/C17H16N2OS/c1-12-8-9-16(21-12)10-15(11-18)17(20)19-13(2)14-6-4-3-5-7-14/h3-10,13H,1-2H3,(H,19,20)/b15-10+/t13-/m1/s1. The van der Waals surface area contributed by atoms with E-state index in [9.17, 15) is 10.1 Å². The lowest BCUT2D eigenvalue weighted by Gasteiger charge is -2.13. The number of nitrogens with zero attached hydrogens (tertiary/aromatic N) is 1. The number of benzene rings is 1. The number of hydrogen-bond donors (Lipinski definition) is 1. The smallest absolute Gasteiger partial charge is 0.262 e. The van der Waals surface area contributed by atoms with Crippen LogP contribution in [0.1, 0.15) is 28.3 Å². The first-order valence-electron chi connectivity index (χ1n) is 6.64. The van der Waals surface area contributed by atoms with E-state index in [1.807, 2.05) is 62.4 Å². The Balaban J connectivity index is 2.11. The maximum absolute atomic E-state index is 12.2. The van der Waals surface area contributed by atoms with Gasteiger partial charge < -0.3 is 5.32 Å². The molecule has 0 spiro atoms. The molecule has 106 valence electrons. The van der Waals surface area contributed by atoms with E-state index in [0.29, 0.717) is 0 Å². The Labute approximate surface area is 128 Å². The van der Waals surface area contributed by atoms with Crippen LogP contribution in [0.2, 0.25) is 0 Å². The van der Waals surface area contributed by atoms with E-state index < -0.39 is 0 Å². The number of amides is 1. The molecule has 1 aromatic heterocycles. The molecule has 3 nitrogen and oxygen atoms in total. The van der Waals surface area contributed by atoms with Gasteiger partial charge in [0.15, 0.2) is 0 Å². The molecule has 0 fully saturated rings. The van der Waals surface area contributed by atoms with Crippen molar-refractivity contribution in [1.29, 1.82) is 5.26 Å². The van der Waals surface area contributed by atoms with Crippen molar-refractivity contribution >= 4 is 23.3 Å². The summed E-state index contributed by atoms with van der Waals surface area (Å²) in [5.41, 5.74) is 1.13. The van der Waals surface area contributed by atoms with Gasteiger partial charge in [0.05, 0.1) is 6.04 Å². The number of carbonyl (C=O) groups is 1. The molecule has 0 radical (unpaired) electrons. The van der Waals surface area contributed by atoms with Crippen molar-refractivity contribution in [2.75, 3.05) is 0 Å². The quantitative estimate of drug-likeness (QED) is 0.688. The summed E-state index contributed by atoms with van der Waals surface area (Å²) in [6.45, 7) is 3.89. The van der Waals surface area contributed by atoms with Gasteiger partial charge in [-0.1, -0.05) is 30.3 Å². The summed E-state index contributed by atoms with van der Waals surface area (Å²) in [6, 6.07) is 15.4. The Bertz CT molecular complexity index is 695. The Morgan fingerprint density at radius 3 is 2.57 bits per heavy atom. The van der Waals surface area contributed by atoms with Gasteiger partial charge >= 0.3 is 0 Å². The Morgan fingerprint density at radius 1 is 1.29 bits per heavy atom. The van der Waals surface area contributed by atoms with Gasteiger partial charge in [0, 0.05) is 9.75 Å². The van der Waals surface area contributed by atoms with Gasteiger partial charge in [-0.05, 0) is 37.6 Å². The lowest BCUT2D eigenvalue weighted by atomic mass is 10.1. The van der Waals surface area contributed by atoms with Crippen LogP contribution in [0.5, 0.6) is 0 Å². The summed E-state index contributed by atoms with van der Waals surface area (Å²) >= 11 is 1.56. The molecule has 1 amide bonds. The van der Waals surface area contributed by atoms with Gasteiger partial charge in [0.1, 0.15) is 11.6 Å². The average molecular weight is 296 g/mol. The summed E-state index contributed by atoms with van der Waals surface area (Å²) < 4.78 is 0. The largest absolute Gasteiger partial charge is 0.345 e. The second-order valence-corrected chi connectivity index (χ2v) is 6.04. The normalized spacial score (nSPS) is 12.5. The fourth-order valence-corrected chi connectivity index (χ4v) is 2.74. The number of thiophene rings is 1. The van der Waals surface area contributed by atoms with Gasteiger partial charge in [-0.25, -0.2) is 0 Å². The number of nitriles is 1. The van der Waals surface area contributed by atoms with E-state index in [-0.39, 0.29) is 17.5 Å². The first-order valence-corrected chi connectivity index (χ1v) is 7.46. The average Bonchev–Trinajstić information content (AvgIpc) is 2.90. The predicted octanol–water partition coefficient (Wildman–Crippen LogP) is 3.84. The lowest BCUT2D eigenvalue weighted by molar-refractivity contribution is -0.117. The van der Waals surface area contributed by atoms with Gasteiger partial charge in [-0.2, -0.15) is 5.26 Å². The molecule has 0 aliphatic heterocycles. The van der Waals surface area contributed by atoms with E-state index in [1.54, 1.807) is 17.4 Å². The minimum absolute atomic E-state index is 0.125. The Kier molecular flexibility index (Phi) is 4.91. The van der Waals surface area contributed by atoms with Crippen molar-refractivity contribution < 1.29 is 4.79 Å². The van der Waals surface area contributed by atoms with Crippen LogP contribution < -0.4 is 5.32 Å². The molecule has 1 aromatic carbocycles. The number of nitrogens with one attached hydrogen (secondary N) is 1. The maximum Gasteiger partial charge on any atom is 0.262 e. The Hall–Kier alpha value is -2.38. The van der Waals surface area contributed by atoms with Crippen LogP contribution in [-0.4, -0.2) is 5.91 Å². The third kappa shape index (κ3) is 4.04. The molecule has 0 unspecified atom stereocenters. The summed E-state index contributed by atoms with van der Waals surface area (Å²) in [6.07, 6.45) is 1.63. The van der Waals surface area contributed by atoms with Crippen LogP contribution in [0.15, 0.2) is 48.0 Å². The molecule has 0 saturated heterocycles. The number of aryl methyl sites for hydroxylation is 1. The predicted molar refractivity (Wildman–Crippen MR) is 85.6 cm³/mol. The summed E-state index contributed by atoms with van der Waals surface area (Å²) in [7, 11) is 0. The molecular formula is C17H16N2OS. The number of rotatable bonds is 4. The van der Waals surface area contributed by atoms with E-state index in [4.69, 9.17) is 0 Å². The van der Waals surface area contributed by atoms with Crippen LogP contribution in [0.3, 0.4) is 0 Å². The summed E-state index contributed by atoms with van der Waals surface area (Å²) in [4.78, 5) is 14.2. The molecule has 0 saturated carbocycles. The third-order valence-corrected chi connectivity index (χ3v) is 4.01. The maximum atomic E-state index is 12.2. The first-order chi connectivity index (χ1) is 10.1. The fraction of sp³-hybridized carbons (Fsp3) is 0.176. The van der Waals surface area contributed by atoms with Crippen molar-refractivity contribution in [2.24, 2.45) is 0 Å². The zero-order valence-corrected chi connectivity index (χ0v) is 12.8. The van der Waals surface area contributed by atoms with Crippen molar-refractivity contribution in [3.8, 4) is 6.07 Å². The monoisotopic (exact) mass is 296 g/mol. The summed E-state index contributed by atoms with van der Waals surface area (Å²) in [5, 5.41) is 12.0. The zero-order chi connectivity index (χ0) is 15.2. The second-order valence-electron chi connectivity index (χ2n) is 4.72. The van der Waals surface area contributed by atoms with Crippen LogP contribution in [0.25, 0.3) is 6.08 Å². The van der Waals surface area contributed by atoms with Gasteiger partial charge in [0.2, 0.25) is 0 Å². The van der Waals surface area contributed by atoms with Crippen LogP contribution in [-0.2, 0) is 4.79 Å². The molecule has 21 heavy (non-hydrogen) atoms. The molecule has 1 heterocycles. The summed E-state index contributed by atoms with van der Waals surface area (Å²) in [5.74, 6) is -0.347. The van der Waals surface area contributed by atoms with Gasteiger partial charge in [-0.3, -0.25) is 4.79 Å². The molecule has 2 aromatic rings. The van der Waals surface area contributed by atoms with Crippen molar-refractivity contribution in [3.63, 3.8) is 0 Å². The molecule has 1 N–H and O–H groups in total. The SMILES string of the molecule is Cc1ccc(/C=C(\C#N)C(=O)N[C@H](C)c2ccccc2)s1. The van der Waals surface area contributed by atoms with Crippen LogP contribution in [0.4, 0.5) is 0 Å². The third-order valence-electron chi connectivity index (χ3n) is 3.06.